The molecule has 3 nitrogen and oxygen atoms in total. The van der Waals surface area contributed by atoms with Crippen LogP contribution in [0.25, 0.3) is 11.4 Å². The van der Waals surface area contributed by atoms with E-state index in [4.69, 9.17) is 46.4 Å². The van der Waals surface area contributed by atoms with E-state index in [0.717, 1.165) is 11.1 Å². The highest BCUT2D eigenvalue weighted by Gasteiger charge is 2.12. The van der Waals surface area contributed by atoms with Crippen LogP contribution in [0, 0.1) is 0 Å². The van der Waals surface area contributed by atoms with Crippen LogP contribution in [0.5, 0.6) is 0 Å². The number of benzene rings is 2. The van der Waals surface area contributed by atoms with Crippen molar-refractivity contribution >= 4 is 46.4 Å². The summed E-state index contributed by atoms with van der Waals surface area (Å²) in [6, 6.07) is 10.8. The Morgan fingerprint density at radius 2 is 1.73 bits per heavy atom. The highest BCUT2D eigenvalue weighted by molar-refractivity contribution is 6.42. The maximum atomic E-state index is 6.23. The molecule has 112 valence electrons. The summed E-state index contributed by atoms with van der Waals surface area (Å²) < 4.78 is 1.87. The van der Waals surface area contributed by atoms with E-state index in [9.17, 15) is 0 Å². The van der Waals surface area contributed by atoms with Gasteiger partial charge in [-0.1, -0.05) is 58.5 Å². The van der Waals surface area contributed by atoms with Gasteiger partial charge in [0.1, 0.15) is 6.33 Å². The van der Waals surface area contributed by atoms with Gasteiger partial charge in [-0.15, -0.1) is 10.2 Å². The lowest BCUT2D eigenvalue weighted by Gasteiger charge is -2.09. The fourth-order valence-corrected chi connectivity index (χ4v) is 2.76. The van der Waals surface area contributed by atoms with E-state index < -0.39 is 0 Å². The van der Waals surface area contributed by atoms with Crippen LogP contribution in [0.3, 0.4) is 0 Å². The Hall–Kier alpha value is -1.26. The largest absolute Gasteiger partial charge is 0.309 e. The highest BCUT2D eigenvalue weighted by atomic mass is 35.5. The van der Waals surface area contributed by atoms with Crippen molar-refractivity contribution in [2.75, 3.05) is 0 Å². The third-order valence-corrected chi connectivity index (χ3v) is 4.76. The van der Waals surface area contributed by atoms with Crippen molar-refractivity contribution in [1.29, 1.82) is 0 Å². The Kier molecular flexibility index (Phi) is 4.59. The number of rotatable bonds is 3. The van der Waals surface area contributed by atoms with Gasteiger partial charge in [0.05, 0.1) is 26.6 Å². The zero-order chi connectivity index (χ0) is 15.7. The normalized spacial score (nSPS) is 10.9. The van der Waals surface area contributed by atoms with E-state index in [1.165, 1.54) is 0 Å². The molecule has 0 aliphatic carbocycles. The Morgan fingerprint density at radius 3 is 2.50 bits per heavy atom. The van der Waals surface area contributed by atoms with Gasteiger partial charge in [0, 0.05) is 5.56 Å². The summed E-state index contributed by atoms with van der Waals surface area (Å²) in [5.74, 6) is 0.676. The Morgan fingerprint density at radius 1 is 0.909 bits per heavy atom. The number of hydrogen-bond acceptors (Lipinski definition) is 2. The van der Waals surface area contributed by atoms with E-state index in [1.807, 2.05) is 22.8 Å². The van der Waals surface area contributed by atoms with Gasteiger partial charge in [-0.25, -0.2) is 0 Å². The molecule has 22 heavy (non-hydrogen) atoms. The Labute approximate surface area is 147 Å². The topological polar surface area (TPSA) is 30.7 Å². The van der Waals surface area contributed by atoms with E-state index in [2.05, 4.69) is 10.2 Å². The van der Waals surface area contributed by atoms with Crippen LogP contribution >= 0.6 is 46.4 Å². The van der Waals surface area contributed by atoms with E-state index in [0.29, 0.717) is 32.5 Å². The minimum Gasteiger partial charge on any atom is -0.309 e. The predicted molar refractivity (Wildman–Crippen MR) is 91.0 cm³/mol. The summed E-state index contributed by atoms with van der Waals surface area (Å²) in [7, 11) is 0. The van der Waals surface area contributed by atoms with Crippen LogP contribution < -0.4 is 0 Å². The first-order valence-corrected chi connectivity index (χ1v) is 7.83. The zero-order valence-corrected chi connectivity index (χ0v) is 14.1. The Bertz CT molecular complexity index is 829. The molecule has 0 aliphatic rings. The van der Waals surface area contributed by atoms with Crippen molar-refractivity contribution in [3.05, 3.63) is 68.4 Å². The smallest absolute Gasteiger partial charge is 0.164 e. The van der Waals surface area contributed by atoms with Crippen LogP contribution in [-0.2, 0) is 6.54 Å². The number of aromatic nitrogens is 3. The average molecular weight is 373 g/mol. The van der Waals surface area contributed by atoms with Crippen molar-refractivity contribution in [2.24, 2.45) is 0 Å². The molecule has 0 saturated carbocycles. The minimum atomic E-state index is 0.467. The second-order valence-corrected chi connectivity index (χ2v) is 6.22. The first kappa shape index (κ1) is 15.6. The molecule has 7 heteroatoms. The summed E-state index contributed by atoms with van der Waals surface area (Å²) in [6.45, 7) is 0.502. The van der Waals surface area contributed by atoms with Crippen molar-refractivity contribution in [1.82, 2.24) is 14.8 Å². The summed E-state index contributed by atoms with van der Waals surface area (Å²) in [4.78, 5) is 0. The SMILES string of the molecule is Clc1ccc(-c2nncn2Cc2cccc(Cl)c2Cl)cc1Cl. The quantitative estimate of drug-likeness (QED) is 0.598. The van der Waals surface area contributed by atoms with Crippen LogP contribution in [-0.4, -0.2) is 14.8 Å². The third-order valence-electron chi connectivity index (χ3n) is 3.17. The average Bonchev–Trinajstić information content (AvgIpc) is 2.95. The summed E-state index contributed by atoms with van der Waals surface area (Å²) in [6.07, 6.45) is 1.63. The number of halogens is 4. The molecule has 0 spiro atoms. The Balaban J connectivity index is 1.98. The molecule has 0 amide bonds. The van der Waals surface area contributed by atoms with Gasteiger partial charge in [-0.2, -0.15) is 0 Å². The third kappa shape index (κ3) is 3.08. The van der Waals surface area contributed by atoms with E-state index in [-0.39, 0.29) is 0 Å². The van der Waals surface area contributed by atoms with Gasteiger partial charge in [-0.05, 0) is 29.8 Å². The van der Waals surface area contributed by atoms with Crippen molar-refractivity contribution in [3.63, 3.8) is 0 Å². The lowest BCUT2D eigenvalue weighted by atomic mass is 10.2. The number of nitrogens with zero attached hydrogens (tertiary/aromatic N) is 3. The maximum Gasteiger partial charge on any atom is 0.164 e. The zero-order valence-electron chi connectivity index (χ0n) is 11.1. The van der Waals surface area contributed by atoms with Crippen LogP contribution in [0.2, 0.25) is 20.1 Å². The van der Waals surface area contributed by atoms with Gasteiger partial charge in [0.25, 0.3) is 0 Å². The molecular formula is C15H9Cl4N3. The molecule has 0 saturated heterocycles. The van der Waals surface area contributed by atoms with Gasteiger partial charge < -0.3 is 4.57 Å². The maximum absolute atomic E-state index is 6.23. The van der Waals surface area contributed by atoms with Crippen LogP contribution in [0.15, 0.2) is 42.7 Å². The van der Waals surface area contributed by atoms with Gasteiger partial charge >= 0.3 is 0 Å². The van der Waals surface area contributed by atoms with Crippen molar-refractivity contribution in [3.8, 4) is 11.4 Å². The van der Waals surface area contributed by atoms with Gasteiger partial charge in [-0.3, -0.25) is 0 Å². The summed E-state index contributed by atoms with van der Waals surface area (Å²) in [5.41, 5.74) is 1.71. The van der Waals surface area contributed by atoms with Crippen molar-refractivity contribution in [2.45, 2.75) is 6.54 Å². The standard InChI is InChI=1S/C15H9Cl4N3/c16-11-5-4-9(6-13(11)18)15-21-20-8-22(15)7-10-2-1-3-12(17)14(10)19/h1-6,8H,7H2. The molecule has 2 aromatic carbocycles. The second kappa shape index (κ2) is 6.47. The van der Waals surface area contributed by atoms with Gasteiger partial charge in [0.2, 0.25) is 0 Å². The minimum absolute atomic E-state index is 0.467. The molecule has 0 N–H and O–H groups in total. The molecule has 0 atom stereocenters. The van der Waals surface area contributed by atoms with Crippen LogP contribution in [0.4, 0.5) is 0 Å². The number of hydrogen-bond donors (Lipinski definition) is 0. The summed E-state index contributed by atoms with van der Waals surface area (Å²) in [5, 5.41) is 10.1. The monoisotopic (exact) mass is 371 g/mol. The molecule has 3 rings (SSSR count). The summed E-state index contributed by atoms with van der Waals surface area (Å²) >= 11 is 24.3. The fourth-order valence-electron chi connectivity index (χ4n) is 2.08. The molecule has 3 aromatic rings. The molecule has 0 bridgehead atoms. The molecular weight excluding hydrogens is 364 g/mol. The lowest BCUT2D eigenvalue weighted by molar-refractivity contribution is 0.803. The molecule has 1 heterocycles. The molecule has 0 unspecified atom stereocenters. The second-order valence-electron chi connectivity index (χ2n) is 4.62. The molecule has 0 radical (unpaired) electrons. The lowest BCUT2D eigenvalue weighted by Crippen LogP contribution is -2.02. The van der Waals surface area contributed by atoms with Gasteiger partial charge in [0.15, 0.2) is 5.82 Å². The molecule has 0 aliphatic heterocycles. The van der Waals surface area contributed by atoms with E-state index in [1.54, 1.807) is 24.5 Å². The fraction of sp³-hybridized carbons (Fsp3) is 0.0667. The molecule has 1 aromatic heterocycles. The predicted octanol–water partition coefficient (Wildman–Crippen LogP) is 5.61. The highest BCUT2D eigenvalue weighted by Crippen LogP contribution is 2.29. The first-order chi connectivity index (χ1) is 10.6. The molecule has 0 fully saturated rings. The van der Waals surface area contributed by atoms with Crippen LogP contribution in [0.1, 0.15) is 5.56 Å². The van der Waals surface area contributed by atoms with E-state index >= 15 is 0 Å². The first-order valence-electron chi connectivity index (χ1n) is 6.32. The van der Waals surface area contributed by atoms with Crippen molar-refractivity contribution < 1.29 is 0 Å².